The van der Waals surface area contributed by atoms with Crippen LogP contribution in [0.15, 0.2) is 82.2 Å². The normalized spacial score (nSPS) is 11.3. The number of benzene rings is 3. The minimum absolute atomic E-state index is 0.0272. The van der Waals surface area contributed by atoms with Crippen molar-refractivity contribution in [3.8, 4) is 0 Å². The van der Waals surface area contributed by atoms with Crippen molar-refractivity contribution in [1.29, 1.82) is 0 Å². The number of nitrogens with zero attached hydrogens (tertiary/aromatic N) is 1. The highest BCUT2D eigenvalue weighted by Crippen LogP contribution is 2.21. The molecule has 3 aromatic carbocycles. The molecule has 0 bridgehead atoms. The summed E-state index contributed by atoms with van der Waals surface area (Å²) < 4.78 is 34.0. The average molecular weight is 574 g/mol. The SMILES string of the molecule is CCCCOC(=O)c1ccc(NC(=O)CN(Cc2ccc(Br)cc2)S(=O)(=O)c2ccc(C)cc2)cc1. The second kappa shape index (κ2) is 12.8. The number of rotatable bonds is 11. The minimum Gasteiger partial charge on any atom is -0.462 e. The zero-order valence-corrected chi connectivity index (χ0v) is 22.6. The quantitative estimate of drug-likeness (QED) is 0.240. The molecule has 0 radical (unpaired) electrons. The van der Waals surface area contributed by atoms with Gasteiger partial charge in [-0.1, -0.05) is 59.1 Å². The average Bonchev–Trinajstić information content (AvgIpc) is 2.85. The van der Waals surface area contributed by atoms with Gasteiger partial charge in [0.15, 0.2) is 0 Å². The van der Waals surface area contributed by atoms with Crippen LogP contribution < -0.4 is 5.32 Å². The smallest absolute Gasteiger partial charge is 0.338 e. The lowest BCUT2D eigenvalue weighted by atomic mass is 10.2. The lowest BCUT2D eigenvalue weighted by Crippen LogP contribution is -2.37. The number of nitrogens with one attached hydrogen (secondary N) is 1. The first-order valence-corrected chi connectivity index (χ1v) is 13.8. The number of carbonyl (C=O) groups is 2. The molecule has 1 amide bonds. The van der Waals surface area contributed by atoms with Crippen molar-refractivity contribution in [3.63, 3.8) is 0 Å². The van der Waals surface area contributed by atoms with Gasteiger partial charge in [0.2, 0.25) is 15.9 Å². The molecule has 3 aromatic rings. The standard InChI is InChI=1S/C27H29BrN2O5S/c1-3-4-17-35-27(32)22-9-13-24(14-10-22)29-26(31)19-30(18-21-7-11-23(28)12-8-21)36(33,34)25-15-5-20(2)6-16-25/h5-16H,3-4,17-19H2,1-2H3,(H,29,31). The van der Waals surface area contributed by atoms with Crippen molar-refractivity contribution in [3.05, 3.63) is 94.0 Å². The number of amides is 1. The first-order chi connectivity index (χ1) is 17.2. The topological polar surface area (TPSA) is 92.8 Å². The summed E-state index contributed by atoms with van der Waals surface area (Å²) in [5.74, 6) is -0.924. The van der Waals surface area contributed by atoms with Crippen molar-refractivity contribution in [2.45, 2.75) is 38.1 Å². The molecular formula is C27H29BrN2O5S. The predicted molar refractivity (Wildman–Crippen MR) is 143 cm³/mol. The highest BCUT2D eigenvalue weighted by atomic mass is 79.9. The van der Waals surface area contributed by atoms with Gasteiger partial charge in [-0.3, -0.25) is 4.79 Å². The Morgan fingerprint density at radius 2 is 1.58 bits per heavy atom. The van der Waals surface area contributed by atoms with E-state index in [0.29, 0.717) is 17.9 Å². The van der Waals surface area contributed by atoms with E-state index in [0.717, 1.165) is 32.7 Å². The van der Waals surface area contributed by atoms with E-state index >= 15 is 0 Å². The third kappa shape index (κ3) is 7.74. The van der Waals surface area contributed by atoms with Crippen molar-refractivity contribution in [2.75, 3.05) is 18.5 Å². The van der Waals surface area contributed by atoms with Gasteiger partial charge in [0.1, 0.15) is 0 Å². The van der Waals surface area contributed by atoms with Gasteiger partial charge in [-0.25, -0.2) is 13.2 Å². The van der Waals surface area contributed by atoms with E-state index in [2.05, 4.69) is 21.2 Å². The molecule has 7 nitrogen and oxygen atoms in total. The number of halogens is 1. The van der Waals surface area contributed by atoms with Crippen molar-refractivity contribution < 1.29 is 22.7 Å². The molecule has 0 unspecified atom stereocenters. The van der Waals surface area contributed by atoms with Crippen LogP contribution in [0, 0.1) is 6.92 Å². The zero-order valence-electron chi connectivity index (χ0n) is 20.2. The summed E-state index contributed by atoms with van der Waals surface area (Å²) in [5.41, 5.74) is 2.50. The largest absolute Gasteiger partial charge is 0.462 e. The summed E-state index contributed by atoms with van der Waals surface area (Å²) in [7, 11) is -3.94. The Balaban J connectivity index is 1.74. The Labute approximate surface area is 220 Å². The molecule has 3 rings (SSSR count). The van der Waals surface area contributed by atoms with Crippen molar-refractivity contribution in [2.24, 2.45) is 0 Å². The van der Waals surface area contributed by atoms with Crippen LogP contribution in [0.1, 0.15) is 41.3 Å². The number of sulfonamides is 1. The summed E-state index contributed by atoms with van der Waals surface area (Å²) >= 11 is 3.38. The Kier molecular flexibility index (Phi) is 9.81. The predicted octanol–water partition coefficient (Wildman–Crippen LogP) is 5.54. The van der Waals surface area contributed by atoms with Crippen LogP contribution in [-0.2, 0) is 26.1 Å². The second-order valence-electron chi connectivity index (χ2n) is 8.33. The van der Waals surface area contributed by atoms with Gasteiger partial charge in [-0.15, -0.1) is 0 Å². The molecule has 0 aliphatic carbocycles. The number of aryl methyl sites for hydroxylation is 1. The summed E-state index contributed by atoms with van der Waals surface area (Å²) in [6, 6.07) is 20.1. The van der Waals surface area contributed by atoms with Crippen LogP contribution in [0.5, 0.6) is 0 Å². The second-order valence-corrected chi connectivity index (χ2v) is 11.2. The molecule has 0 saturated heterocycles. The van der Waals surface area contributed by atoms with Gasteiger partial charge in [0, 0.05) is 16.7 Å². The van der Waals surface area contributed by atoms with E-state index in [-0.39, 0.29) is 18.0 Å². The van der Waals surface area contributed by atoms with E-state index in [1.54, 1.807) is 48.5 Å². The number of unbranched alkanes of at least 4 members (excludes halogenated alkanes) is 1. The fourth-order valence-electron chi connectivity index (χ4n) is 3.32. The number of hydrogen-bond donors (Lipinski definition) is 1. The number of hydrogen-bond acceptors (Lipinski definition) is 5. The molecule has 0 spiro atoms. The maximum absolute atomic E-state index is 13.4. The van der Waals surface area contributed by atoms with Gasteiger partial charge in [-0.05, 0) is 67.4 Å². The third-order valence-electron chi connectivity index (χ3n) is 5.39. The molecule has 0 aromatic heterocycles. The van der Waals surface area contributed by atoms with Crippen molar-refractivity contribution in [1.82, 2.24) is 4.31 Å². The Morgan fingerprint density at radius 1 is 0.944 bits per heavy atom. The Morgan fingerprint density at radius 3 is 2.19 bits per heavy atom. The number of esters is 1. The van der Waals surface area contributed by atoms with Crippen molar-refractivity contribution >= 4 is 43.5 Å². The molecule has 0 heterocycles. The van der Waals surface area contributed by atoms with E-state index in [9.17, 15) is 18.0 Å². The van der Waals surface area contributed by atoms with E-state index in [4.69, 9.17) is 4.74 Å². The number of ether oxygens (including phenoxy) is 1. The van der Waals surface area contributed by atoms with Gasteiger partial charge in [0.05, 0.1) is 23.6 Å². The molecule has 0 fully saturated rings. The summed E-state index contributed by atoms with van der Waals surface area (Å²) in [6.45, 7) is 3.89. The van der Waals surface area contributed by atoms with Gasteiger partial charge in [0.25, 0.3) is 0 Å². The maximum atomic E-state index is 13.4. The van der Waals surface area contributed by atoms with Crippen LogP contribution in [0.4, 0.5) is 5.69 Å². The molecule has 9 heteroatoms. The van der Waals surface area contributed by atoms with Crippen LogP contribution in [0.2, 0.25) is 0 Å². The van der Waals surface area contributed by atoms with Crippen LogP contribution >= 0.6 is 15.9 Å². The highest BCUT2D eigenvalue weighted by Gasteiger charge is 2.27. The molecule has 0 aliphatic heterocycles. The van der Waals surface area contributed by atoms with Crippen LogP contribution in [-0.4, -0.2) is 37.8 Å². The number of anilines is 1. The fourth-order valence-corrected chi connectivity index (χ4v) is 4.97. The Hall–Kier alpha value is -3.01. The van der Waals surface area contributed by atoms with Crippen LogP contribution in [0.3, 0.4) is 0 Å². The van der Waals surface area contributed by atoms with Gasteiger partial charge < -0.3 is 10.1 Å². The summed E-state index contributed by atoms with van der Waals surface area (Å²) in [4.78, 5) is 25.1. The van der Waals surface area contributed by atoms with E-state index in [1.807, 2.05) is 26.0 Å². The molecular weight excluding hydrogens is 544 g/mol. The van der Waals surface area contributed by atoms with E-state index in [1.165, 1.54) is 12.1 Å². The molecule has 36 heavy (non-hydrogen) atoms. The maximum Gasteiger partial charge on any atom is 0.338 e. The lowest BCUT2D eigenvalue weighted by Gasteiger charge is -2.22. The van der Waals surface area contributed by atoms with Crippen LogP contribution in [0.25, 0.3) is 0 Å². The molecule has 0 aliphatic rings. The molecule has 0 atom stereocenters. The molecule has 1 N–H and O–H groups in total. The molecule has 0 saturated carbocycles. The lowest BCUT2D eigenvalue weighted by molar-refractivity contribution is -0.116. The van der Waals surface area contributed by atoms with E-state index < -0.39 is 21.9 Å². The highest BCUT2D eigenvalue weighted by molar-refractivity contribution is 9.10. The van der Waals surface area contributed by atoms with Gasteiger partial charge in [-0.2, -0.15) is 4.31 Å². The first kappa shape index (κ1) is 27.6. The minimum atomic E-state index is -3.94. The summed E-state index contributed by atoms with van der Waals surface area (Å²) in [6.07, 6.45) is 1.72. The Bertz CT molecular complexity index is 1280. The summed E-state index contributed by atoms with van der Waals surface area (Å²) in [5, 5.41) is 2.71. The molecule has 190 valence electrons. The first-order valence-electron chi connectivity index (χ1n) is 11.6. The number of carbonyl (C=O) groups excluding carboxylic acids is 2. The monoisotopic (exact) mass is 572 g/mol. The van der Waals surface area contributed by atoms with Gasteiger partial charge >= 0.3 is 5.97 Å². The third-order valence-corrected chi connectivity index (χ3v) is 7.72. The zero-order chi connectivity index (χ0) is 26.1. The fraction of sp³-hybridized carbons (Fsp3) is 0.259.